The van der Waals surface area contributed by atoms with E-state index in [1.807, 2.05) is 0 Å². The molecule has 0 saturated heterocycles. The third-order valence-electron chi connectivity index (χ3n) is 9.83. The Kier molecular flexibility index (Phi) is 5.62. The predicted molar refractivity (Wildman–Crippen MR) is 119 cm³/mol. The minimum absolute atomic E-state index is 0.0842. The van der Waals surface area contributed by atoms with Gasteiger partial charge in [0.25, 0.3) is 0 Å². The highest BCUT2D eigenvalue weighted by atomic mass is 16.3. The van der Waals surface area contributed by atoms with Gasteiger partial charge in [0.2, 0.25) is 0 Å². The molecule has 3 saturated carbocycles. The van der Waals surface area contributed by atoms with Gasteiger partial charge < -0.3 is 5.11 Å². The topological polar surface area (TPSA) is 20.2 Å². The van der Waals surface area contributed by atoms with Gasteiger partial charge in [-0.2, -0.15) is 0 Å². The van der Waals surface area contributed by atoms with E-state index in [1.54, 1.807) is 5.57 Å². The molecule has 0 spiro atoms. The Hall–Kier alpha value is -0.560. The molecule has 158 valence electrons. The molecule has 4 aliphatic carbocycles. The van der Waals surface area contributed by atoms with Crippen molar-refractivity contribution in [2.24, 2.45) is 46.3 Å². The second-order valence-corrected chi connectivity index (χ2v) is 11.8. The SMILES string of the molecule is CC(C)C/C=C\[C@@H](C)[C@H]1CC[C@H]2[C@@H]3CC=C4C[C@@H](O)CC[C@]4(C)C3CC[C@]12C. The predicted octanol–water partition coefficient (Wildman–Crippen LogP) is 7.16. The summed E-state index contributed by atoms with van der Waals surface area (Å²) in [4.78, 5) is 0. The number of rotatable bonds is 4. The Labute approximate surface area is 174 Å². The van der Waals surface area contributed by atoms with E-state index >= 15 is 0 Å². The summed E-state index contributed by atoms with van der Waals surface area (Å²) in [7, 11) is 0. The lowest BCUT2D eigenvalue weighted by Gasteiger charge is -2.58. The zero-order valence-corrected chi connectivity index (χ0v) is 19.1. The number of fused-ring (bicyclic) bond motifs is 5. The van der Waals surface area contributed by atoms with Gasteiger partial charge in [0.05, 0.1) is 6.10 Å². The fourth-order valence-corrected chi connectivity index (χ4v) is 8.25. The first kappa shape index (κ1) is 20.7. The maximum Gasteiger partial charge on any atom is 0.0577 e. The van der Waals surface area contributed by atoms with E-state index in [2.05, 4.69) is 52.8 Å². The number of aliphatic hydroxyl groups is 1. The van der Waals surface area contributed by atoms with Gasteiger partial charge in [0.1, 0.15) is 0 Å². The molecule has 0 amide bonds. The lowest BCUT2D eigenvalue weighted by atomic mass is 9.47. The average molecular weight is 385 g/mol. The summed E-state index contributed by atoms with van der Waals surface area (Å²) in [6.07, 6.45) is 18.9. The minimum Gasteiger partial charge on any atom is -0.393 e. The molecule has 0 heterocycles. The van der Waals surface area contributed by atoms with Crippen molar-refractivity contribution in [3.05, 3.63) is 23.8 Å². The molecule has 28 heavy (non-hydrogen) atoms. The Balaban J connectivity index is 1.53. The van der Waals surface area contributed by atoms with Crippen molar-refractivity contribution in [2.75, 3.05) is 0 Å². The molecular formula is C27H44O. The molecule has 4 rings (SSSR count). The quantitative estimate of drug-likeness (QED) is 0.510. The van der Waals surface area contributed by atoms with Crippen LogP contribution >= 0.6 is 0 Å². The summed E-state index contributed by atoms with van der Waals surface area (Å²) in [6, 6.07) is 0. The van der Waals surface area contributed by atoms with Crippen LogP contribution in [0.1, 0.15) is 92.4 Å². The van der Waals surface area contributed by atoms with Crippen molar-refractivity contribution in [1.82, 2.24) is 0 Å². The maximum atomic E-state index is 10.2. The first-order chi connectivity index (χ1) is 13.3. The third kappa shape index (κ3) is 3.34. The smallest absolute Gasteiger partial charge is 0.0577 e. The maximum absolute atomic E-state index is 10.2. The zero-order valence-electron chi connectivity index (χ0n) is 19.1. The van der Waals surface area contributed by atoms with Gasteiger partial charge in [-0.05, 0) is 104 Å². The van der Waals surface area contributed by atoms with Gasteiger partial charge in [-0.3, -0.25) is 0 Å². The summed E-state index contributed by atoms with van der Waals surface area (Å²) < 4.78 is 0. The van der Waals surface area contributed by atoms with Gasteiger partial charge in [0, 0.05) is 0 Å². The van der Waals surface area contributed by atoms with Crippen LogP contribution in [0.3, 0.4) is 0 Å². The first-order valence-corrected chi connectivity index (χ1v) is 12.3. The Bertz CT molecular complexity index is 630. The number of aliphatic hydroxyl groups excluding tert-OH is 1. The molecule has 1 N–H and O–H groups in total. The third-order valence-corrected chi connectivity index (χ3v) is 9.83. The van der Waals surface area contributed by atoms with E-state index < -0.39 is 0 Å². The number of allylic oxidation sites excluding steroid dienone is 3. The van der Waals surface area contributed by atoms with Gasteiger partial charge in [-0.15, -0.1) is 0 Å². The summed E-state index contributed by atoms with van der Waals surface area (Å²) in [6.45, 7) is 12.3. The number of hydrogen-bond donors (Lipinski definition) is 1. The average Bonchev–Trinajstić information content (AvgIpc) is 2.99. The van der Waals surface area contributed by atoms with Crippen molar-refractivity contribution < 1.29 is 5.11 Å². The van der Waals surface area contributed by atoms with E-state index in [0.717, 1.165) is 48.3 Å². The van der Waals surface area contributed by atoms with Gasteiger partial charge in [-0.1, -0.05) is 58.4 Å². The fraction of sp³-hybridized carbons (Fsp3) is 0.852. The van der Waals surface area contributed by atoms with E-state index in [1.165, 1.54) is 44.9 Å². The Morgan fingerprint density at radius 2 is 1.86 bits per heavy atom. The molecule has 3 fully saturated rings. The second-order valence-electron chi connectivity index (χ2n) is 11.8. The van der Waals surface area contributed by atoms with Crippen LogP contribution < -0.4 is 0 Å². The van der Waals surface area contributed by atoms with Crippen LogP contribution in [-0.4, -0.2) is 11.2 Å². The highest BCUT2D eigenvalue weighted by Crippen LogP contribution is 2.67. The molecule has 0 aromatic heterocycles. The Morgan fingerprint density at radius 3 is 2.61 bits per heavy atom. The van der Waals surface area contributed by atoms with E-state index in [-0.39, 0.29) is 6.10 Å². The molecule has 0 radical (unpaired) electrons. The van der Waals surface area contributed by atoms with E-state index in [0.29, 0.717) is 10.8 Å². The highest BCUT2D eigenvalue weighted by Gasteiger charge is 2.58. The van der Waals surface area contributed by atoms with Crippen LogP contribution in [0, 0.1) is 46.3 Å². The fourth-order valence-electron chi connectivity index (χ4n) is 8.25. The van der Waals surface area contributed by atoms with Gasteiger partial charge in [-0.25, -0.2) is 0 Å². The van der Waals surface area contributed by atoms with Crippen molar-refractivity contribution in [1.29, 1.82) is 0 Å². The highest BCUT2D eigenvalue weighted by molar-refractivity contribution is 5.25. The molecule has 1 unspecified atom stereocenters. The molecule has 8 atom stereocenters. The normalized spacial score (nSPS) is 46.8. The van der Waals surface area contributed by atoms with Crippen LogP contribution in [0.2, 0.25) is 0 Å². The molecule has 0 aromatic carbocycles. The van der Waals surface area contributed by atoms with E-state index in [9.17, 15) is 5.11 Å². The molecule has 0 aromatic rings. The van der Waals surface area contributed by atoms with Crippen molar-refractivity contribution in [3.8, 4) is 0 Å². The molecule has 4 aliphatic rings. The molecule has 1 heteroatoms. The van der Waals surface area contributed by atoms with Crippen LogP contribution in [0.5, 0.6) is 0 Å². The van der Waals surface area contributed by atoms with Crippen LogP contribution in [-0.2, 0) is 0 Å². The van der Waals surface area contributed by atoms with Crippen LogP contribution in [0.4, 0.5) is 0 Å². The first-order valence-electron chi connectivity index (χ1n) is 12.3. The molecule has 1 nitrogen and oxygen atoms in total. The van der Waals surface area contributed by atoms with Gasteiger partial charge >= 0.3 is 0 Å². The second kappa shape index (κ2) is 7.60. The Morgan fingerprint density at radius 1 is 1.07 bits per heavy atom. The largest absolute Gasteiger partial charge is 0.393 e. The molecular weight excluding hydrogens is 340 g/mol. The zero-order chi connectivity index (χ0) is 20.1. The lowest BCUT2D eigenvalue weighted by Crippen LogP contribution is -2.50. The molecule has 0 aliphatic heterocycles. The van der Waals surface area contributed by atoms with E-state index in [4.69, 9.17) is 0 Å². The van der Waals surface area contributed by atoms with Crippen molar-refractivity contribution >= 4 is 0 Å². The molecule has 0 bridgehead atoms. The minimum atomic E-state index is -0.0842. The van der Waals surface area contributed by atoms with Crippen molar-refractivity contribution in [2.45, 2.75) is 98.5 Å². The standard InChI is InChI=1S/C27H44O/c1-18(2)7-6-8-19(3)23-11-12-24-22-10-9-20-17-21(28)13-15-26(20,4)25(22)14-16-27(23,24)5/h6,8-9,18-19,21-25,28H,7,10-17H2,1-5H3/b8-6-/t19-,21+,22+,23-,24+,25?,26+,27-/m1/s1. The van der Waals surface area contributed by atoms with Crippen LogP contribution in [0.15, 0.2) is 23.8 Å². The van der Waals surface area contributed by atoms with Gasteiger partial charge in [0.15, 0.2) is 0 Å². The van der Waals surface area contributed by atoms with Crippen molar-refractivity contribution in [3.63, 3.8) is 0 Å². The monoisotopic (exact) mass is 384 g/mol. The lowest BCUT2D eigenvalue weighted by molar-refractivity contribution is -0.0540. The number of hydrogen-bond acceptors (Lipinski definition) is 1. The summed E-state index contributed by atoms with van der Waals surface area (Å²) in [5.41, 5.74) is 2.53. The van der Waals surface area contributed by atoms with Crippen LogP contribution in [0.25, 0.3) is 0 Å². The summed E-state index contributed by atoms with van der Waals surface area (Å²) in [5, 5.41) is 10.2. The summed E-state index contributed by atoms with van der Waals surface area (Å²) >= 11 is 0. The summed E-state index contributed by atoms with van der Waals surface area (Å²) in [5.74, 6) is 5.03.